The monoisotopic (exact) mass is 1320 g/mol. The number of benzene rings is 4. The van der Waals surface area contributed by atoms with Crippen molar-refractivity contribution in [3.05, 3.63) is 210 Å². The van der Waals surface area contributed by atoms with Crippen molar-refractivity contribution in [2.75, 3.05) is 18.6 Å². The van der Waals surface area contributed by atoms with Gasteiger partial charge in [0.15, 0.2) is 34.0 Å². The fourth-order valence-corrected chi connectivity index (χ4v) is 7.11. The standard InChI is InChI=1S/C17H16N4O2.C15H12N4O2.C10H7ClN2.C10H10N4.C7H10O4.C2H4O2.CH2O2.Li.H4N2.3H2O/c1-3-23-17(22)15-11-12(2)20-21(15)16-10-9-14(18-19-16)13-7-5-4-6-8-13;1-10-9-13(15(20)21)19(18-10)14-8-7-12(16-17-14)11-5-3-2-4-6-11;11-10-7-6-9(12-13-10)8-4-2-1-3-5-8;11-12-10-7-6-9(13-14-10)8-4-2-1-3-5-8;1-3-11-7(10)6(9)4-5(2)8;1-2(3)4;2-1-3;;1-2;;;/h4-11H,3H2,1-2H3;2-9H,1H3,(H,20,21);1-7H;1-7H,11H2,(H,12,14);3-4H2,1-2H3;1H3,(H,3,4);1H,(H,2,3);;1-2H2;3*1H2/q;;;;;;;+1;;;;/p-1. The third-order valence-corrected chi connectivity index (χ3v) is 10.9. The summed E-state index contributed by atoms with van der Waals surface area (Å²) >= 11 is 5.63. The summed E-state index contributed by atoms with van der Waals surface area (Å²) in [5, 5.41) is 64.6. The molecule has 0 spiro atoms. The van der Waals surface area contributed by atoms with Gasteiger partial charge in [0.2, 0.25) is 5.78 Å². The van der Waals surface area contributed by atoms with Crippen molar-refractivity contribution in [1.82, 2.24) is 60.4 Å². The van der Waals surface area contributed by atoms with Crippen molar-refractivity contribution in [2.45, 2.75) is 48.0 Å². The molecule has 0 aliphatic rings. The number of rotatable bonds is 14. The number of carbonyl (C=O) groups excluding carboxylic acids is 4. The molecule has 0 radical (unpaired) electrons. The number of ether oxygens (including phenoxy) is 2. The van der Waals surface area contributed by atoms with Gasteiger partial charge in [-0.1, -0.05) is 133 Å². The van der Waals surface area contributed by atoms with Crippen LogP contribution in [-0.2, 0) is 33.4 Å². The van der Waals surface area contributed by atoms with Crippen molar-refractivity contribution < 1.29 is 93.6 Å². The second kappa shape index (κ2) is 47.6. The summed E-state index contributed by atoms with van der Waals surface area (Å²) in [5.41, 5.74) is 11.3. The Morgan fingerprint density at radius 3 is 1.17 bits per heavy atom. The van der Waals surface area contributed by atoms with Gasteiger partial charge in [-0.3, -0.25) is 30.9 Å². The zero-order valence-electron chi connectivity index (χ0n) is 52.5. The molecule has 31 nitrogen and oxygen atoms in total. The van der Waals surface area contributed by atoms with Gasteiger partial charge in [-0.25, -0.2) is 29.6 Å². The number of aromatic carboxylic acids is 1. The Kier molecular flexibility index (Phi) is 43.0. The van der Waals surface area contributed by atoms with Gasteiger partial charge in [0.25, 0.3) is 12.4 Å². The number of aliphatic carboxylic acids is 1. The second-order valence-corrected chi connectivity index (χ2v) is 17.9. The molecule has 496 valence electrons. The topological polar surface area (TPSA) is 520 Å². The normalized spacial score (nSPS) is 9.16. The van der Waals surface area contributed by atoms with Crippen LogP contribution in [-0.4, -0.2) is 147 Å². The molecule has 0 unspecified atom stereocenters. The van der Waals surface area contributed by atoms with Crippen LogP contribution >= 0.6 is 11.6 Å². The number of aromatic nitrogens is 12. The average Bonchev–Trinajstić information content (AvgIpc) is 1.73. The molecule has 0 aliphatic heterocycles. The number of halogens is 1. The Morgan fingerprint density at radius 2 is 0.874 bits per heavy atom. The van der Waals surface area contributed by atoms with E-state index in [0.717, 1.165) is 52.0 Å². The summed E-state index contributed by atoms with van der Waals surface area (Å²) in [6, 6.07) is 56.7. The van der Waals surface area contributed by atoms with E-state index in [-0.39, 0.29) is 66.3 Å². The fourth-order valence-electron chi connectivity index (χ4n) is 7.01. The van der Waals surface area contributed by atoms with Crippen LogP contribution in [0, 0.1) is 13.8 Å². The first-order chi connectivity index (χ1) is 43.8. The third kappa shape index (κ3) is 30.6. The third-order valence-electron chi connectivity index (χ3n) is 10.7. The molecule has 10 rings (SSSR count). The summed E-state index contributed by atoms with van der Waals surface area (Å²) < 4.78 is 12.1. The fraction of sp³-hybridized carbons (Fsp3) is 0.145. The number of carboxylic acids is 2. The molecule has 0 saturated carbocycles. The largest absolute Gasteiger partial charge is 1.00 e. The maximum Gasteiger partial charge on any atom is 1.00 e. The van der Waals surface area contributed by atoms with Crippen molar-refractivity contribution in [3.63, 3.8) is 0 Å². The summed E-state index contributed by atoms with van der Waals surface area (Å²) in [5.74, 6) is 10.2. The SMILES string of the molecule is CC(=O)O.CCOC(=O)C(=O)CC(C)=O.CCOC(=O)c1cc(C)nn1-c1ccc(-c2ccccc2)nn1.Cc1cc(C(=O)O)n(-c2ccc(-c3ccccc3)nn2)n1.Clc1ccc(-c2ccccc2)nn1.NN.NNc1ccc(-c2ccccc2)nn1.O.O.O=CO.[Li+].[OH-]. The Bertz CT molecular complexity index is 3830. The molecule has 15 N–H and O–H groups in total. The number of anilines is 1. The molecule has 4 aromatic carbocycles. The van der Waals surface area contributed by atoms with Crippen LogP contribution in [0.4, 0.5) is 5.82 Å². The Labute approximate surface area is 561 Å². The smallest absolute Gasteiger partial charge is 0.870 e. The van der Waals surface area contributed by atoms with Gasteiger partial charge in [-0.15, -0.1) is 40.8 Å². The minimum absolute atomic E-state index is 0. The van der Waals surface area contributed by atoms with Crippen LogP contribution < -0.4 is 41.8 Å². The van der Waals surface area contributed by atoms with Gasteiger partial charge in [-0.05, 0) is 95.3 Å². The Balaban J connectivity index is 0. The van der Waals surface area contributed by atoms with E-state index >= 15 is 0 Å². The zero-order valence-corrected chi connectivity index (χ0v) is 53.2. The molecule has 0 aliphatic carbocycles. The number of aryl methyl sites for hydroxylation is 2. The van der Waals surface area contributed by atoms with E-state index in [2.05, 4.69) is 72.8 Å². The van der Waals surface area contributed by atoms with E-state index < -0.39 is 29.7 Å². The molecule has 0 amide bonds. The maximum absolute atomic E-state index is 12.0. The second-order valence-electron chi connectivity index (χ2n) is 17.5. The van der Waals surface area contributed by atoms with Gasteiger partial charge in [0.1, 0.15) is 5.78 Å². The van der Waals surface area contributed by atoms with Gasteiger partial charge in [-0.2, -0.15) is 10.2 Å². The molecule has 0 saturated heterocycles. The van der Waals surface area contributed by atoms with Crippen LogP contribution in [0.2, 0.25) is 5.15 Å². The number of hydrogen-bond donors (Lipinski definition) is 7. The first kappa shape index (κ1) is 85.8. The average molecular weight is 1320 g/mol. The molecular weight excluding hydrogens is 1250 g/mol. The summed E-state index contributed by atoms with van der Waals surface area (Å²) in [6.07, 6.45) is -0.362. The number of carboxylic acid groups (broad SMARTS) is 3. The number of hydrogen-bond acceptors (Lipinski definition) is 24. The van der Waals surface area contributed by atoms with Crippen molar-refractivity contribution >= 4 is 59.3 Å². The Hall–Kier alpha value is -11.2. The van der Waals surface area contributed by atoms with E-state index in [0.29, 0.717) is 46.3 Å². The number of Topliss-reactive ketones (excluding diaryl/α,β-unsaturated/α-hetero) is 2. The predicted octanol–water partition coefficient (Wildman–Crippen LogP) is 3.26. The van der Waals surface area contributed by atoms with E-state index in [1.165, 1.54) is 22.4 Å². The molecule has 6 aromatic heterocycles. The van der Waals surface area contributed by atoms with Gasteiger partial charge < -0.3 is 46.6 Å². The number of carbonyl (C=O) groups is 7. The van der Waals surface area contributed by atoms with E-state index in [1.807, 2.05) is 146 Å². The molecule has 95 heavy (non-hydrogen) atoms. The summed E-state index contributed by atoms with van der Waals surface area (Å²) in [7, 11) is 0. The van der Waals surface area contributed by atoms with Crippen molar-refractivity contribution in [1.29, 1.82) is 0 Å². The van der Waals surface area contributed by atoms with E-state index in [9.17, 15) is 24.0 Å². The van der Waals surface area contributed by atoms with E-state index in [1.54, 1.807) is 57.2 Å². The zero-order chi connectivity index (χ0) is 67.1. The molecule has 0 bridgehead atoms. The predicted molar refractivity (Wildman–Crippen MR) is 346 cm³/mol. The number of esters is 2. The molecule has 33 heteroatoms. The molecule has 0 fully saturated rings. The molecule has 10 aromatic rings. The Morgan fingerprint density at radius 1 is 0.537 bits per heavy atom. The minimum Gasteiger partial charge on any atom is -0.870 e. The molecular formula is C62H70ClLiN16O15. The number of hydrazine groups is 2. The first-order valence-electron chi connectivity index (χ1n) is 26.9. The van der Waals surface area contributed by atoms with Gasteiger partial charge in [0, 0.05) is 29.2 Å². The number of nitrogens with zero attached hydrogens (tertiary/aromatic N) is 12. The van der Waals surface area contributed by atoms with Gasteiger partial charge in [0.05, 0.1) is 53.8 Å². The summed E-state index contributed by atoms with van der Waals surface area (Å²) in [4.78, 5) is 72.1. The number of nitrogens with one attached hydrogen (secondary N) is 1. The molecule has 6 heterocycles. The minimum atomic E-state index is -1.05. The number of nitrogens with two attached hydrogens (primary N) is 3. The van der Waals surface area contributed by atoms with Crippen LogP contribution in [0.3, 0.4) is 0 Å². The number of nitrogen functional groups attached to an aromatic ring is 1. The van der Waals surface area contributed by atoms with Crippen molar-refractivity contribution in [3.8, 4) is 56.7 Å². The van der Waals surface area contributed by atoms with Crippen LogP contribution in [0.5, 0.6) is 0 Å². The molecule has 0 atom stereocenters. The van der Waals surface area contributed by atoms with Crippen LogP contribution in [0.15, 0.2) is 182 Å². The maximum atomic E-state index is 12.0. The van der Waals surface area contributed by atoms with Crippen LogP contribution in [0.25, 0.3) is 56.7 Å². The number of ketones is 2. The summed E-state index contributed by atoms with van der Waals surface area (Å²) in [6.45, 7) is 9.44. The van der Waals surface area contributed by atoms with Crippen LogP contribution in [0.1, 0.15) is 66.5 Å². The van der Waals surface area contributed by atoms with E-state index in [4.69, 9.17) is 47.1 Å². The quantitative estimate of drug-likeness (QED) is 0.0156. The van der Waals surface area contributed by atoms with Crippen molar-refractivity contribution in [2.24, 2.45) is 17.5 Å². The van der Waals surface area contributed by atoms with Gasteiger partial charge >= 0.3 is 36.8 Å². The first-order valence-corrected chi connectivity index (χ1v) is 27.2.